The monoisotopic (exact) mass is 353 g/mol. The summed E-state index contributed by atoms with van der Waals surface area (Å²) in [5.41, 5.74) is 1.31. The molecule has 4 nitrogen and oxygen atoms in total. The quantitative estimate of drug-likeness (QED) is 0.682. The van der Waals surface area contributed by atoms with Gasteiger partial charge in [0.1, 0.15) is 5.75 Å². The van der Waals surface area contributed by atoms with Crippen molar-refractivity contribution in [2.45, 2.75) is 27.2 Å². The standard InChI is InChI=1S/C17H20ClNO3S/c1-4-21-17(20)14-10-23-16(19-14)8-12-7-13(18)5-6-15(12)22-9-11(2)3/h5-7,10-11H,4,8-9H2,1-3H3. The Hall–Kier alpha value is -1.59. The number of carbonyl (C=O) groups excluding carboxylic acids is 1. The van der Waals surface area contributed by atoms with Crippen LogP contribution >= 0.6 is 22.9 Å². The van der Waals surface area contributed by atoms with Crippen LogP contribution in [0.3, 0.4) is 0 Å². The number of aromatic nitrogens is 1. The van der Waals surface area contributed by atoms with Gasteiger partial charge >= 0.3 is 5.97 Å². The van der Waals surface area contributed by atoms with E-state index in [2.05, 4.69) is 18.8 Å². The SMILES string of the molecule is CCOC(=O)c1csc(Cc2cc(Cl)ccc2OCC(C)C)n1. The second-order valence-electron chi connectivity index (χ2n) is 5.48. The molecule has 0 bridgehead atoms. The van der Waals surface area contributed by atoms with Crippen LogP contribution in [0.4, 0.5) is 0 Å². The first kappa shape index (κ1) is 17.8. The minimum Gasteiger partial charge on any atom is -0.493 e. The minimum absolute atomic E-state index is 0.340. The van der Waals surface area contributed by atoms with E-state index in [-0.39, 0.29) is 0 Å². The lowest BCUT2D eigenvalue weighted by molar-refractivity contribution is 0.0520. The molecule has 0 amide bonds. The summed E-state index contributed by atoms with van der Waals surface area (Å²) in [5, 5.41) is 3.19. The van der Waals surface area contributed by atoms with Crippen molar-refractivity contribution in [3.63, 3.8) is 0 Å². The van der Waals surface area contributed by atoms with Crippen molar-refractivity contribution >= 4 is 28.9 Å². The summed E-state index contributed by atoms with van der Waals surface area (Å²) in [6.07, 6.45) is 0.568. The van der Waals surface area contributed by atoms with Crippen molar-refractivity contribution in [2.75, 3.05) is 13.2 Å². The van der Waals surface area contributed by atoms with Crippen LogP contribution in [0.25, 0.3) is 0 Å². The van der Waals surface area contributed by atoms with Crippen molar-refractivity contribution < 1.29 is 14.3 Å². The number of rotatable bonds is 7. The van der Waals surface area contributed by atoms with Crippen molar-refractivity contribution in [1.29, 1.82) is 0 Å². The highest BCUT2D eigenvalue weighted by Crippen LogP contribution is 2.27. The normalized spacial score (nSPS) is 10.8. The third-order valence-electron chi connectivity index (χ3n) is 2.97. The van der Waals surface area contributed by atoms with Gasteiger partial charge in [0.25, 0.3) is 0 Å². The Morgan fingerprint density at radius 3 is 2.87 bits per heavy atom. The Morgan fingerprint density at radius 1 is 1.39 bits per heavy atom. The highest BCUT2D eigenvalue weighted by Gasteiger charge is 2.14. The van der Waals surface area contributed by atoms with Gasteiger partial charge in [-0.2, -0.15) is 0 Å². The summed E-state index contributed by atoms with van der Waals surface area (Å²) in [6.45, 7) is 6.95. The van der Waals surface area contributed by atoms with Gasteiger partial charge in [0, 0.05) is 22.4 Å². The lowest BCUT2D eigenvalue weighted by atomic mass is 10.1. The number of hydrogen-bond donors (Lipinski definition) is 0. The van der Waals surface area contributed by atoms with Crippen molar-refractivity contribution in [1.82, 2.24) is 4.98 Å². The summed E-state index contributed by atoms with van der Waals surface area (Å²) < 4.78 is 10.8. The maximum absolute atomic E-state index is 11.7. The van der Waals surface area contributed by atoms with Gasteiger partial charge in [-0.05, 0) is 31.0 Å². The van der Waals surface area contributed by atoms with Crippen LogP contribution in [-0.2, 0) is 11.2 Å². The first-order valence-electron chi connectivity index (χ1n) is 7.52. The van der Waals surface area contributed by atoms with E-state index in [1.54, 1.807) is 12.3 Å². The zero-order valence-corrected chi connectivity index (χ0v) is 15.0. The molecule has 2 rings (SSSR count). The molecule has 0 aliphatic carbocycles. The molecule has 0 aliphatic rings. The molecule has 1 aromatic heterocycles. The first-order chi connectivity index (χ1) is 11.0. The van der Waals surface area contributed by atoms with E-state index in [4.69, 9.17) is 21.1 Å². The van der Waals surface area contributed by atoms with Gasteiger partial charge in [-0.1, -0.05) is 25.4 Å². The van der Waals surface area contributed by atoms with E-state index >= 15 is 0 Å². The highest BCUT2D eigenvalue weighted by molar-refractivity contribution is 7.09. The first-order valence-corrected chi connectivity index (χ1v) is 8.78. The number of halogens is 1. The van der Waals surface area contributed by atoms with Gasteiger partial charge in [0.15, 0.2) is 5.69 Å². The second-order valence-corrected chi connectivity index (χ2v) is 6.86. The molecule has 0 N–H and O–H groups in total. The molecule has 0 atom stereocenters. The van der Waals surface area contributed by atoms with Crippen LogP contribution in [0.2, 0.25) is 5.02 Å². The second kappa shape index (κ2) is 8.31. The number of nitrogens with zero attached hydrogens (tertiary/aromatic N) is 1. The molecule has 6 heteroatoms. The van der Waals surface area contributed by atoms with E-state index < -0.39 is 5.97 Å². The summed E-state index contributed by atoms with van der Waals surface area (Å²) in [7, 11) is 0. The molecule has 0 saturated carbocycles. The van der Waals surface area contributed by atoms with Gasteiger partial charge in [-0.3, -0.25) is 0 Å². The largest absolute Gasteiger partial charge is 0.493 e. The van der Waals surface area contributed by atoms with Gasteiger partial charge in [-0.25, -0.2) is 9.78 Å². The fraction of sp³-hybridized carbons (Fsp3) is 0.412. The Morgan fingerprint density at radius 2 is 2.17 bits per heavy atom. The molecular formula is C17H20ClNO3S. The summed E-state index contributed by atoms with van der Waals surface area (Å²) in [4.78, 5) is 16.0. The van der Waals surface area contributed by atoms with Crippen molar-refractivity contribution in [2.24, 2.45) is 5.92 Å². The summed E-state index contributed by atoms with van der Waals surface area (Å²) in [5.74, 6) is 0.849. The van der Waals surface area contributed by atoms with Crippen molar-refractivity contribution in [3.05, 3.63) is 44.9 Å². The van der Waals surface area contributed by atoms with Crippen LogP contribution in [0.1, 0.15) is 41.8 Å². The zero-order valence-electron chi connectivity index (χ0n) is 13.5. The molecule has 0 radical (unpaired) electrons. The summed E-state index contributed by atoms with van der Waals surface area (Å²) >= 11 is 7.52. The van der Waals surface area contributed by atoms with Gasteiger partial charge in [-0.15, -0.1) is 11.3 Å². The molecule has 0 aliphatic heterocycles. The van der Waals surface area contributed by atoms with Crippen molar-refractivity contribution in [3.8, 4) is 5.75 Å². The van der Waals surface area contributed by atoms with Crippen LogP contribution < -0.4 is 4.74 Å². The fourth-order valence-corrected chi connectivity index (χ4v) is 2.92. The van der Waals surface area contributed by atoms with E-state index in [1.807, 2.05) is 18.2 Å². The summed E-state index contributed by atoms with van der Waals surface area (Å²) in [6, 6.07) is 5.56. The molecule has 0 unspecified atom stereocenters. The molecule has 1 heterocycles. The third-order valence-corrected chi connectivity index (χ3v) is 4.06. The fourth-order valence-electron chi connectivity index (χ4n) is 1.94. The highest BCUT2D eigenvalue weighted by atomic mass is 35.5. The van der Waals surface area contributed by atoms with Crippen LogP contribution in [0.5, 0.6) is 5.75 Å². The lowest BCUT2D eigenvalue weighted by Crippen LogP contribution is -2.07. The van der Waals surface area contributed by atoms with Gasteiger partial charge in [0.05, 0.1) is 18.2 Å². The van der Waals surface area contributed by atoms with Crippen LogP contribution in [0.15, 0.2) is 23.6 Å². The zero-order chi connectivity index (χ0) is 16.8. The van der Waals surface area contributed by atoms with E-state index in [1.165, 1.54) is 11.3 Å². The van der Waals surface area contributed by atoms with Crippen LogP contribution in [0, 0.1) is 5.92 Å². The molecule has 2 aromatic rings. The maximum atomic E-state index is 11.7. The molecule has 0 saturated heterocycles. The Bertz CT molecular complexity index is 670. The van der Waals surface area contributed by atoms with E-state index in [0.29, 0.717) is 36.3 Å². The molecule has 23 heavy (non-hydrogen) atoms. The van der Waals surface area contributed by atoms with E-state index in [0.717, 1.165) is 16.3 Å². The number of hydrogen-bond acceptors (Lipinski definition) is 5. The molecule has 124 valence electrons. The number of benzene rings is 1. The average molecular weight is 354 g/mol. The number of esters is 1. The Balaban J connectivity index is 2.15. The van der Waals surface area contributed by atoms with Gasteiger partial charge < -0.3 is 9.47 Å². The number of thiazole rings is 1. The predicted molar refractivity (Wildman–Crippen MR) is 92.7 cm³/mol. The lowest BCUT2D eigenvalue weighted by Gasteiger charge is -2.13. The van der Waals surface area contributed by atoms with Gasteiger partial charge in [0.2, 0.25) is 0 Å². The smallest absolute Gasteiger partial charge is 0.357 e. The minimum atomic E-state index is -0.391. The van der Waals surface area contributed by atoms with E-state index in [9.17, 15) is 4.79 Å². The average Bonchev–Trinajstić information content (AvgIpc) is 2.95. The number of ether oxygens (including phenoxy) is 2. The molecule has 0 fully saturated rings. The number of carbonyl (C=O) groups is 1. The maximum Gasteiger partial charge on any atom is 0.357 e. The Labute approximate surface area is 145 Å². The Kier molecular flexibility index (Phi) is 6.42. The molecular weight excluding hydrogens is 334 g/mol. The predicted octanol–water partition coefficient (Wildman–Crippen LogP) is 4.60. The molecule has 1 aromatic carbocycles. The molecule has 0 spiro atoms. The topological polar surface area (TPSA) is 48.4 Å². The third kappa shape index (κ3) is 5.22. The van der Waals surface area contributed by atoms with Crippen LogP contribution in [-0.4, -0.2) is 24.2 Å².